The maximum atomic E-state index is 13.4. The molecule has 0 fully saturated rings. The van der Waals surface area contributed by atoms with E-state index < -0.39 is 0 Å². The summed E-state index contributed by atoms with van der Waals surface area (Å²) in [5, 5.41) is 7.82. The quantitative estimate of drug-likeness (QED) is 0.169. The van der Waals surface area contributed by atoms with Gasteiger partial charge in [-0.2, -0.15) is 0 Å². The highest BCUT2D eigenvalue weighted by molar-refractivity contribution is 5.97. The summed E-state index contributed by atoms with van der Waals surface area (Å²) in [5.41, 5.74) is 1.12. The summed E-state index contributed by atoms with van der Waals surface area (Å²) in [6.07, 6.45) is 2.62. The Balaban J connectivity index is 1.90. The fourth-order valence-electron chi connectivity index (χ4n) is 4.05. The smallest absolute Gasteiger partial charge is 0.259 e. The molecule has 9 nitrogen and oxygen atoms in total. The van der Waals surface area contributed by atoms with E-state index in [-0.39, 0.29) is 36.4 Å². The van der Waals surface area contributed by atoms with E-state index in [1.807, 2.05) is 58.9 Å². The van der Waals surface area contributed by atoms with Gasteiger partial charge in [-0.05, 0) is 90.3 Å². The van der Waals surface area contributed by atoms with Crippen molar-refractivity contribution in [3.8, 4) is 17.2 Å². The molecule has 0 spiro atoms. The number of nitrogens with zero attached hydrogens (tertiary/aromatic N) is 2. The molecule has 2 rings (SSSR count). The molecular weight excluding hydrogens is 510 g/mol. The molecule has 220 valence electrons. The Morgan fingerprint density at radius 2 is 1.40 bits per heavy atom. The summed E-state index contributed by atoms with van der Waals surface area (Å²) in [7, 11) is 3.32. The van der Waals surface area contributed by atoms with E-state index in [2.05, 4.69) is 0 Å². The predicted octanol–water partition coefficient (Wildman–Crippen LogP) is 5.40. The lowest BCUT2D eigenvalue weighted by molar-refractivity contribution is -0.130. The zero-order valence-electron chi connectivity index (χ0n) is 25.0. The molecule has 0 aliphatic heterocycles. The third kappa shape index (κ3) is 10.1. The van der Waals surface area contributed by atoms with E-state index in [0.717, 1.165) is 30.6 Å². The molecule has 0 aliphatic carbocycles. The Morgan fingerprint density at radius 1 is 0.825 bits per heavy atom. The lowest BCUT2D eigenvalue weighted by atomic mass is 10.1. The van der Waals surface area contributed by atoms with Gasteiger partial charge in [0.05, 0.1) is 25.4 Å². The first-order valence-corrected chi connectivity index (χ1v) is 13.9. The lowest BCUT2D eigenvalue weighted by Gasteiger charge is -2.31. The van der Waals surface area contributed by atoms with Crippen molar-refractivity contribution in [1.29, 1.82) is 5.41 Å². The van der Waals surface area contributed by atoms with Gasteiger partial charge in [-0.1, -0.05) is 0 Å². The highest BCUT2D eigenvalue weighted by Gasteiger charge is 2.25. The minimum atomic E-state index is -0.197. The SMILES string of the molecule is CCOC(=N)c1ccc(OCCCCCOc2ccc(C(=O)N(C(C)C)C(C)C)c(OCC(=O)N(C)C)c2)cc1. The largest absolute Gasteiger partial charge is 0.494 e. The van der Waals surface area contributed by atoms with Crippen LogP contribution in [0.3, 0.4) is 0 Å². The monoisotopic (exact) mass is 555 g/mol. The molecule has 0 atom stereocenters. The Kier molecular flexibility index (Phi) is 13.3. The summed E-state index contributed by atoms with van der Waals surface area (Å²) in [4.78, 5) is 28.7. The second-order valence-electron chi connectivity index (χ2n) is 10.2. The molecule has 2 aromatic carbocycles. The predicted molar refractivity (Wildman–Crippen MR) is 157 cm³/mol. The lowest BCUT2D eigenvalue weighted by Crippen LogP contribution is -2.42. The van der Waals surface area contributed by atoms with Crippen molar-refractivity contribution in [2.45, 2.75) is 66.0 Å². The molecular formula is C31H45N3O6. The van der Waals surface area contributed by atoms with Crippen LogP contribution in [0.2, 0.25) is 0 Å². The van der Waals surface area contributed by atoms with E-state index in [4.69, 9.17) is 24.4 Å². The van der Waals surface area contributed by atoms with Crippen LogP contribution in [0.4, 0.5) is 0 Å². The Morgan fingerprint density at radius 3 is 1.95 bits per heavy atom. The average molecular weight is 556 g/mol. The van der Waals surface area contributed by atoms with Crippen molar-refractivity contribution in [3.63, 3.8) is 0 Å². The number of carbonyl (C=O) groups is 2. The topological polar surface area (TPSA) is 101 Å². The maximum Gasteiger partial charge on any atom is 0.259 e. The normalized spacial score (nSPS) is 10.8. The van der Waals surface area contributed by atoms with Crippen molar-refractivity contribution in [2.24, 2.45) is 0 Å². The molecule has 9 heteroatoms. The molecule has 0 aliphatic rings. The molecule has 2 aromatic rings. The second kappa shape index (κ2) is 16.4. The van der Waals surface area contributed by atoms with Crippen LogP contribution in [0.25, 0.3) is 0 Å². The van der Waals surface area contributed by atoms with Gasteiger partial charge in [-0.3, -0.25) is 15.0 Å². The molecule has 0 radical (unpaired) electrons. The molecule has 1 N–H and O–H groups in total. The van der Waals surface area contributed by atoms with Gasteiger partial charge >= 0.3 is 0 Å². The van der Waals surface area contributed by atoms with Crippen LogP contribution in [0.5, 0.6) is 17.2 Å². The molecule has 0 heterocycles. The Hall–Kier alpha value is -3.75. The number of nitrogens with one attached hydrogen (secondary N) is 1. The van der Waals surface area contributed by atoms with E-state index >= 15 is 0 Å². The van der Waals surface area contributed by atoms with Gasteiger partial charge in [0.2, 0.25) is 5.90 Å². The maximum absolute atomic E-state index is 13.4. The van der Waals surface area contributed by atoms with E-state index in [1.165, 1.54) is 4.90 Å². The molecule has 0 aromatic heterocycles. The van der Waals surface area contributed by atoms with Crippen molar-refractivity contribution in [3.05, 3.63) is 53.6 Å². The summed E-state index contributed by atoms with van der Waals surface area (Å²) < 4.78 is 22.8. The first kappa shape index (κ1) is 32.5. The highest BCUT2D eigenvalue weighted by Crippen LogP contribution is 2.28. The minimum Gasteiger partial charge on any atom is -0.494 e. The number of ether oxygens (including phenoxy) is 4. The zero-order chi connectivity index (χ0) is 29.7. The van der Waals surface area contributed by atoms with Gasteiger partial charge in [-0.15, -0.1) is 0 Å². The molecule has 0 bridgehead atoms. The van der Waals surface area contributed by atoms with Gasteiger partial charge in [-0.25, -0.2) is 0 Å². The van der Waals surface area contributed by atoms with Gasteiger partial charge in [0, 0.05) is 37.8 Å². The van der Waals surface area contributed by atoms with Crippen molar-refractivity contribution in [2.75, 3.05) is 40.5 Å². The Bertz CT molecular complexity index is 1090. The average Bonchev–Trinajstić information content (AvgIpc) is 2.91. The Labute approximate surface area is 238 Å². The van der Waals surface area contributed by atoms with Crippen LogP contribution in [0, 0.1) is 5.41 Å². The standard InChI is InChI=1S/C31H45N3O6/c1-8-37-30(32)24-12-14-25(15-13-24)38-18-10-9-11-19-39-26-16-17-27(31(36)34(22(2)3)23(4)5)28(20-26)40-21-29(35)33(6)7/h12-17,20,22-23,32H,8-11,18-19,21H2,1-7H3. The first-order chi connectivity index (χ1) is 19.0. The number of rotatable bonds is 16. The van der Waals surface area contributed by atoms with Crippen molar-refractivity contribution < 1.29 is 28.5 Å². The number of unbranched alkanes of at least 4 members (excludes halogenated alkanes) is 2. The number of carbonyl (C=O) groups excluding carboxylic acids is 2. The van der Waals surface area contributed by atoms with E-state index in [1.54, 1.807) is 37.2 Å². The van der Waals surface area contributed by atoms with E-state index in [0.29, 0.717) is 36.9 Å². The van der Waals surface area contributed by atoms with Crippen molar-refractivity contribution in [1.82, 2.24) is 9.80 Å². The molecule has 2 amide bonds. The highest BCUT2D eigenvalue weighted by atomic mass is 16.5. The van der Waals surface area contributed by atoms with Gasteiger partial charge in [0.1, 0.15) is 17.2 Å². The fraction of sp³-hybridized carbons (Fsp3) is 0.516. The summed E-state index contributed by atoms with van der Waals surface area (Å²) in [6, 6.07) is 12.5. The van der Waals surface area contributed by atoms with Gasteiger partial charge in [0.15, 0.2) is 6.61 Å². The third-order valence-corrected chi connectivity index (χ3v) is 6.11. The molecule has 0 saturated carbocycles. The van der Waals surface area contributed by atoms with E-state index in [9.17, 15) is 9.59 Å². The summed E-state index contributed by atoms with van der Waals surface area (Å²) in [6.45, 7) is 11.1. The zero-order valence-corrected chi connectivity index (χ0v) is 25.0. The van der Waals surface area contributed by atoms with Crippen LogP contribution < -0.4 is 14.2 Å². The van der Waals surface area contributed by atoms with Crippen LogP contribution in [-0.4, -0.2) is 80.1 Å². The van der Waals surface area contributed by atoms with Crippen molar-refractivity contribution >= 4 is 17.7 Å². The second-order valence-corrected chi connectivity index (χ2v) is 10.2. The number of benzene rings is 2. The molecule has 0 unspecified atom stereocenters. The number of likely N-dealkylation sites (N-methyl/N-ethyl adjacent to an activating group) is 1. The van der Waals surface area contributed by atoms with Gasteiger partial charge in [0.25, 0.3) is 11.8 Å². The molecule has 40 heavy (non-hydrogen) atoms. The number of amides is 2. The van der Waals surface area contributed by atoms with Crippen LogP contribution in [-0.2, 0) is 9.53 Å². The number of hydrogen-bond acceptors (Lipinski definition) is 7. The van der Waals surface area contributed by atoms with Gasteiger partial charge < -0.3 is 28.7 Å². The molecule has 0 saturated heterocycles. The third-order valence-electron chi connectivity index (χ3n) is 6.11. The fourth-order valence-corrected chi connectivity index (χ4v) is 4.05. The first-order valence-electron chi connectivity index (χ1n) is 13.9. The summed E-state index contributed by atoms with van der Waals surface area (Å²) >= 11 is 0. The van der Waals surface area contributed by atoms with Crippen LogP contribution in [0.1, 0.15) is 69.8 Å². The van der Waals surface area contributed by atoms with Crippen LogP contribution in [0.15, 0.2) is 42.5 Å². The van der Waals surface area contributed by atoms with Crippen LogP contribution >= 0.6 is 0 Å². The summed E-state index contributed by atoms with van der Waals surface area (Å²) in [5.74, 6) is 1.48. The minimum absolute atomic E-state index is 0.0121. The number of hydrogen-bond donors (Lipinski definition) is 1.